The fourth-order valence-electron chi connectivity index (χ4n) is 3.79. The first-order valence-electron chi connectivity index (χ1n) is 9.80. The van der Waals surface area contributed by atoms with Gasteiger partial charge in [0.15, 0.2) is 0 Å². The number of amides is 1. The van der Waals surface area contributed by atoms with Crippen LogP contribution in [0.1, 0.15) is 36.2 Å². The lowest BCUT2D eigenvalue weighted by Crippen LogP contribution is -2.42. The van der Waals surface area contributed by atoms with Gasteiger partial charge in [0.2, 0.25) is 10.0 Å². The summed E-state index contributed by atoms with van der Waals surface area (Å²) >= 11 is 0. The lowest BCUT2D eigenvalue weighted by molar-refractivity contribution is 0.0623. The topological polar surface area (TPSA) is 75.7 Å². The maximum absolute atomic E-state index is 12.8. The van der Waals surface area contributed by atoms with Gasteiger partial charge in [0.1, 0.15) is 5.75 Å². The van der Waals surface area contributed by atoms with Crippen LogP contribution in [0.3, 0.4) is 0 Å². The van der Waals surface area contributed by atoms with Gasteiger partial charge in [0, 0.05) is 25.2 Å². The second-order valence-corrected chi connectivity index (χ2v) is 9.62. The standard InChI is InChI=1S/C22H28N2O4S/c1-16-12-17(2)15-24(14-16)22(25)19-6-4-18(5-7-19)13-23-29(26,27)21-10-8-20(28-3)9-11-21/h4-11,16-17,23H,12-15H2,1-3H3/t16-,17-/m1/s1. The molecule has 2 atom stereocenters. The van der Waals surface area contributed by atoms with Crippen molar-refractivity contribution < 1.29 is 17.9 Å². The zero-order valence-corrected chi connectivity index (χ0v) is 17.9. The molecule has 2 aromatic rings. The second-order valence-electron chi connectivity index (χ2n) is 7.85. The largest absolute Gasteiger partial charge is 0.497 e. The Bertz CT molecular complexity index is 930. The average molecular weight is 417 g/mol. The number of piperidine rings is 1. The van der Waals surface area contributed by atoms with Crippen LogP contribution in [0.5, 0.6) is 5.75 Å². The van der Waals surface area contributed by atoms with E-state index in [0.29, 0.717) is 23.1 Å². The maximum Gasteiger partial charge on any atom is 0.253 e. The molecule has 0 unspecified atom stereocenters. The van der Waals surface area contributed by atoms with E-state index in [9.17, 15) is 13.2 Å². The van der Waals surface area contributed by atoms with Crippen molar-refractivity contribution in [2.75, 3.05) is 20.2 Å². The van der Waals surface area contributed by atoms with E-state index in [1.807, 2.05) is 4.90 Å². The van der Waals surface area contributed by atoms with Crippen LogP contribution in [-0.4, -0.2) is 39.4 Å². The maximum atomic E-state index is 12.8. The zero-order valence-electron chi connectivity index (χ0n) is 17.1. The van der Waals surface area contributed by atoms with Crippen LogP contribution in [0, 0.1) is 11.8 Å². The SMILES string of the molecule is COc1ccc(S(=O)(=O)NCc2ccc(C(=O)N3C[C@H](C)C[C@@H](C)C3)cc2)cc1. The molecule has 1 amide bonds. The van der Waals surface area contributed by atoms with Gasteiger partial charge >= 0.3 is 0 Å². The summed E-state index contributed by atoms with van der Waals surface area (Å²) in [5.41, 5.74) is 1.42. The third kappa shape index (κ3) is 5.36. The molecular formula is C22H28N2O4S. The van der Waals surface area contributed by atoms with Crippen molar-refractivity contribution in [2.24, 2.45) is 11.8 Å². The molecule has 0 aromatic heterocycles. The van der Waals surface area contributed by atoms with Gasteiger partial charge in [0.05, 0.1) is 12.0 Å². The monoisotopic (exact) mass is 416 g/mol. The fraction of sp³-hybridized carbons (Fsp3) is 0.409. The Balaban J connectivity index is 1.62. The number of rotatable bonds is 6. The molecular weight excluding hydrogens is 388 g/mol. The quantitative estimate of drug-likeness (QED) is 0.784. The van der Waals surface area contributed by atoms with Crippen LogP contribution in [0.15, 0.2) is 53.4 Å². The average Bonchev–Trinajstić information content (AvgIpc) is 2.71. The number of carbonyl (C=O) groups is 1. The number of hydrogen-bond donors (Lipinski definition) is 1. The molecule has 156 valence electrons. The number of ether oxygens (including phenoxy) is 1. The number of sulfonamides is 1. The summed E-state index contributed by atoms with van der Waals surface area (Å²) in [7, 11) is -2.09. The molecule has 0 aliphatic carbocycles. The molecule has 7 heteroatoms. The van der Waals surface area contributed by atoms with E-state index in [4.69, 9.17) is 4.74 Å². The summed E-state index contributed by atoms with van der Waals surface area (Å²) in [4.78, 5) is 14.9. The van der Waals surface area contributed by atoms with E-state index in [2.05, 4.69) is 18.6 Å². The van der Waals surface area contributed by atoms with Gasteiger partial charge in [0.25, 0.3) is 5.91 Å². The smallest absolute Gasteiger partial charge is 0.253 e. The summed E-state index contributed by atoms with van der Waals surface area (Å²) in [6.07, 6.45) is 1.15. The summed E-state index contributed by atoms with van der Waals surface area (Å²) in [6.45, 7) is 6.07. The van der Waals surface area contributed by atoms with Gasteiger partial charge in [-0.15, -0.1) is 0 Å². The van der Waals surface area contributed by atoms with E-state index in [1.54, 1.807) is 36.4 Å². The van der Waals surface area contributed by atoms with Crippen LogP contribution in [0.2, 0.25) is 0 Å². The van der Waals surface area contributed by atoms with Crippen molar-refractivity contribution in [3.8, 4) is 5.75 Å². The molecule has 6 nitrogen and oxygen atoms in total. The molecule has 1 N–H and O–H groups in total. The molecule has 1 saturated heterocycles. The molecule has 1 fully saturated rings. The third-order valence-corrected chi connectivity index (χ3v) is 6.61. The summed E-state index contributed by atoms with van der Waals surface area (Å²) < 4.78 is 32.5. The van der Waals surface area contributed by atoms with Gasteiger partial charge in [-0.25, -0.2) is 13.1 Å². The minimum Gasteiger partial charge on any atom is -0.497 e. The number of nitrogens with zero attached hydrogens (tertiary/aromatic N) is 1. The molecule has 1 heterocycles. The van der Waals surface area contributed by atoms with Gasteiger partial charge in [-0.3, -0.25) is 4.79 Å². The highest BCUT2D eigenvalue weighted by atomic mass is 32.2. The number of carbonyl (C=O) groups excluding carboxylic acids is 1. The van der Waals surface area contributed by atoms with Crippen molar-refractivity contribution in [1.29, 1.82) is 0 Å². The predicted octanol–water partition coefficient (Wildman–Crippen LogP) is 3.29. The van der Waals surface area contributed by atoms with E-state index in [1.165, 1.54) is 19.2 Å². The van der Waals surface area contributed by atoms with E-state index in [0.717, 1.165) is 25.1 Å². The number of nitrogens with one attached hydrogen (secondary N) is 1. The van der Waals surface area contributed by atoms with Crippen molar-refractivity contribution in [3.63, 3.8) is 0 Å². The third-order valence-electron chi connectivity index (χ3n) is 5.19. The van der Waals surface area contributed by atoms with Gasteiger partial charge < -0.3 is 9.64 Å². The van der Waals surface area contributed by atoms with E-state index >= 15 is 0 Å². The molecule has 29 heavy (non-hydrogen) atoms. The lowest BCUT2D eigenvalue weighted by Gasteiger charge is -2.35. The van der Waals surface area contributed by atoms with Crippen LogP contribution >= 0.6 is 0 Å². The minimum absolute atomic E-state index is 0.0359. The second kappa shape index (κ2) is 8.97. The van der Waals surface area contributed by atoms with Crippen molar-refractivity contribution in [1.82, 2.24) is 9.62 Å². The van der Waals surface area contributed by atoms with Crippen molar-refractivity contribution in [2.45, 2.75) is 31.7 Å². The first kappa shape index (κ1) is 21.3. The highest BCUT2D eigenvalue weighted by Crippen LogP contribution is 2.22. The molecule has 0 spiro atoms. The molecule has 1 aliphatic rings. The van der Waals surface area contributed by atoms with E-state index < -0.39 is 10.0 Å². The Hall–Kier alpha value is -2.38. The molecule has 0 bridgehead atoms. The van der Waals surface area contributed by atoms with Gasteiger partial charge in [-0.1, -0.05) is 26.0 Å². The summed E-state index contributed by atoms with van der Waals surface area (Å²) in [5, 5.41) is 0. The predicted molar refractivity (Wildman–Crippen MR) is 112 cm³/mol. The summed E-state index contributed by atoms with van der Waals surface area (Å²) in [5.74, 6) is 1.65. The van der Waals surface area contributed by atoms with Gasteiger partial charge in [-0.05, 0) is 60.2 Å². The molecule has 1 aliphatic heterocycles. The van der Waals surface area contributed by atoms with E-state index in [-0.39, 0.29) is 17.3 Å². The molecule has 0 radical (unpaired) electrons. The highest BCUT2D eigenvalue weighted by Gasteiger charge is 2.26. The lowest BCUT2D eigenvalue weighted by atomic mass is 9.91. The van der Waals surface area contributed by atoms with Crippen LogP contribution in [0.25, 0.3) is 0 Å². The Kier molecular flexibility index (Phi) is 6.59. The normalized spacial score (nSPS) is 19.8. The van der Waals surface area contributed by atoms with Crippen molar-refractivity contribution in [3.05, 3.63) is 59.7 Å². The summed E-state index contributed by atoms with van der Waals surface area (Å²) in [6, 6.07) is 13.3. The molecule has 2 aromatic carbocycles. The van der Waals surface area contributed by atoms with Crippen LogP contribution < -0.4 is 9.46 Å². The Labute approximate surface area is 172 Å². The zero-order chi connectivity index (χ0) is 21.0. The number of methoxy groups -OCH3 is 1. The van der Waals surface area contributed by atoms with Gasteiger partial charge in [-0.2, -0.15) is 0 Å². The first-order valence-corrected chi connectivity index (χ1v) is 11.3. The number of hydrogen-bond acceptors (Lipinski definition) is 4. The Morgan fingerprint density at radius 3 is 2.17 bits per heavy atom. The van der Waals surface area contributed by atoms with Crippen LogP contribution in [-0.2, 0) is 16.6 Å². The number of benzene rings is 2. The number of likely N-dealkylation sites (tertiary alicyclic amines) is 1. The first-order chi connectivity index (χ1) is 13.8. The van der Waals surface area contributed by atoms with Crippen LogP contribution in [0.4, 0.5) is 0 Å². The minimum atomic E-state index is -3.62. The Morgan fingerprint density at radius 2 is 1.62 bits per heavy atom. The fourth-order valence-corrected chi connectivity index (χ4v) is 4.81. The highest BCUT2D eigenvalue weighted by molar-refractivity contribution is 7.89. The molecule has 0 saturated carbocycles. The Morgan fingerprint density at radius 1 is 1.03 bits per heavy atom. The molecule has 3 rings (SSSR count). The van der Waals surface area contributed by atoms with Crippen molar-refractivity contribution >= 4 is 15.9 Å².